The molecule has 0 radical (unpaired) electrons. The minimum atomic E-state index is -0.559. The molecule has 4 N–H and O–H groups in total. The second-order valence-corrected chi connectivity index (χ2v) is 3.39. The van der Waals surface area contributed by atoms with E-state index >= 15 is 0 Å². The molecule has 0 heterocycles. The lowest BCUT2D eigenvalue weighted by molar-refractivity contribution is 0.185. The van der Waals surface area contributed by atoms with Crippen molar-refractivity contribution in [3.05, 3.63) is 30.3 Å². The van der Waals surface area contributed by atoms with Gasteiger partial charge in [0.15, 0.2) is 0 Å². The van der Waals surface area contributed by atoms with Crippen molar-refractivity contribution in [3.8, 4) is 0 Å². The molecule has 0 amide bonds. The SMILES string of the molecule is NCC(O)CN(CCO)c1ccccc1. The van der Waals surface area contributed by atoms with Crippen molar-refractivity contribution in [2.24, 2.45) is 5.73 Å². The number of benzene rings is 1. The fraction of sp³-hybridized carbons (Fsp3) is 0.455. The van der Waals surface area contributed by atoms with Crippen molar-refractivity contribution < 1.29 is 10.2 Å². The molecule has 1 aromatic rings. The van der Waals surface area contributed by atoms with Crippen LogP contribution >= 0.6 is 0 Å². The maximum atomic E-state index is 9.47. The minimum Gasteiger partial charge on any atom is -0.395 e. The Morgan fingerprint density at radius 1 is 1.27 bits per heavy atom. The number of nitrogens with two attached hydrogens (primary N) is 1. The van der Waals surface area contributed by atoms with E-state index in [1.807, 2.05) is 35.2 Å². The van der Waals surface area contributed by atoms with E-state index in [9.17, 15) is 5.11 Å². The van der Waals surface area contributed by atoms with Crippen LogP contribution in [0, 0.1) is 0 Å². The van der Waals surface area contributed by atoms with Crippen LogP contribution in [0.4, 0.5) is 5.69 Å². The summed E-state index contributed by atoms with van der Waals surface area (Å²) in [5.74, 6) is 0. The van der Waals surface area contributed by atoms with Gasteiger partial charge in [0.05, 0.1) is 12.7 Å². The van der Waals surface area contributed by atoms with Crippen LogP contribution in [0.5, 0.6) is 0 Å². The van der Waals surface area contributed by atoms with Crippen LogP contribution in [-0.4, -0.2) is 42.6 Å². The lowest BCUT2D eigenvalue weighted by atomic mass is 10.2. The number of aliphatic hydroxyl groups excluding tert-OH is 2. The van der Waals surface area contributed by atoms with Gasteiger partial charge in [0.25, 0.3) is 0 Å². The van der Waals surface area contributed by atoms with E-state index in [1.165, 1.54) is 0 Å². The molecule has 4 nitrogen and oxygen atoms in total. The first kappa shape index (κ1) is 12.0. The largest absolute Gasteiger partial charge is 0.395 e. The Morgan fingerprint density at radius 2 is 1.93 bits per heavy atom. The van der Waals surface area contributed by atoms with Crippen LogP contribution in [0.3, 0.4) is 0 Å². The fourth-order valence-electron chi connectivity index (χ4n) is 1.41. The fourth-order valence-corrected chi connectivity index (χ4v) is 1.41. The van der Waals surface area contributed by atoms with Gasteiger partial charge in [-0.1, -0.05) is 18.2 Å². The Bertz CT molecular complexity index is 267. The Kier molecular flexibility index (Phi) is 5.10. The molecule has 0 saturated carbocycles. The molecule has 0 aliphatic heterocycles. The van der Waals surface area contributed by atoms with Crippen molar-refractivity contribution in [2.75, 3.05) is 31.1 Å². The Labute approximate surface area is 89.9 Å². The van der Waals surface area contributed by atoms with Gasteiger partial charge in [0.2, 0.25) is 0 Å². The van der Waals surface area contributed by atoms with Gasteiger partial charge < -0.3 is 20.8 Å². The topological polar surface area (TPSA) is 69.7 Å². The van der Waals surface area contributed by atoms with Crippen molar-refractivity contribution in [3.63, 3.8) is 0 Å². The smallest absolute Gasteiger partial charge is 0.0836 e. The van der Waals surface area contributed by atoms with E-state index in [1.54, 1.807) is 0 Å². The Balaban J connectivity index is 2.65. The maximum absolute atomic E-state index is 9.47. The van der Waals surface area contributed by atoms with Gasteiger partial charge in [0, 0.05) is 25.3 Å². The molecule has 15 heavy (non-hydrogen) atoms. The predicted octanol–water partition coefficient (Wildman–Crippen LogP) is -0.195. The molecule has 0 bridgehead atoms. The van der Waals surface area contributed by atoms with Crippen LogP contribution in [0.2, 0.25) is 0 Å². The van der Waals surface area contributed by atoms with Crippen molar-refractivity contribution in [1.29, 1.82) is 0 Å². The quantitative estimate of drug-likeness (QED) is 0.608. The molecule has 0 aliphatic rings. The number of rotatable bonds is 6. The maximum Gasteiger partial charge on any atom is 0.0836 e. The molecule has 0 fully saturated rings. The summed E-state index contributed by atoms with van der Waals surface area (Å²) < 4.78 is 0. The van der Waals surface area contributed by atoms with Crippen LogP contribution in [0.1, 0.15) is 0 Å². The molecule has 1 atom stereocenters. The van der Waals surface area contributed by atoms with Crippen LogP contribution in [-0.2, 0) is 0 Å². The normalized spacial score (nSPS) is 12.5. The highest BCUT2D eigenvalue weighted by Gasteiger charge is 2.10. The average molecular weight is 210 g/mol. The summed E-state index contributed by atoms with van der Waals surface area (Å²) in [7, 11) is 0. The second kappa shape index (κ2) is 6.40. The van der Waals surface area contributed by atoms with Gasteiger partial charge >= 0.3 is 0 Å². The van der Waals surface area contributed by atoms with E-state index < -0.39 is 6.10 Å². The summed E-state index contributed by atoms with van der Waals surface area (Å²) in [6, 6.07) is 9.67. The number of hydrogen-bond donors (Lipinski definition) is 3. The number of aliphatic hydroxyl groups is 2. The van der Waals surface area contributed by atoms with Crippen molar-refractivity contribution in [1.82, 2.24) is 0 Å². The first-order valence-electron chi connectivity index (χ1n) is 5.07. The van der Waals surface area contributed by atoms with E-state index in [4.69, 9.17) is 10.8 Å². The third-order valence-corrected chi connectivity index (χ3v) is 2.19. The molecule has 0 aromatic heterocycles. The third kappa shape index (κ3) is 3.87. The molecule has 4 heteroatoms. The van der Waals surface area contributed by atoms with E-state index in [0.717, 1.165) is 5.69 Å². The first-order valence-corrected chi connectivity index (χ1v) is 5.07. The van der Waals surface area contributed by atoms with Gasteiger partial charge in [-0.15, -0.1) is 0 Å². The molecule has 1 unspecified atom stereocenters. The molecule has 0 saturated heterocycles. The molecule has 1 rings (SSSR count). The molecule has 0 spiro atoms. The lowest BCUT2D eigenvalue weighted by Crippen LogP contribution is -2.38. The van der Waals surface area contributed by atoms with Crippen molar-refractivity contribution in [2.45, 2.75) is 6.10 Å². The van der Waals surface area contributed by atoms with Gasteiger partial charge in [-0.2, -0.15) is 0 Å². The molecule has 84 valence electrons. The summed E-state index contributed by atoms with van der Waals surface area (Å²) >= 11 is 0. The molecular weight excluding hydrogens is 192 g/mol. The summed E-state index contributed by atoms with van der Waals surface area (Å²) in [5.41, 5.74) is 6.34. The summed E-state index contributed by atoms with van der Waals surface area (Å²) in [6.45, 7) is 1.24. The summed E-state index contributed by atoms with van der Waals surface area (Å²) in [5, 5.41) is 18.4. The Morgan fingerprint density at radius 3 is 2.47 bits per heavy atom. The van der Waals surface area contributed by atoms with E-state index in [0.29, 0.717) is 13.1 Å². The van der Waals surface area contributed by atoms with Crippen molar-refractivity contribution >= 4 is 5.69 Å². The molecule has 1 aromatic carbocycles. The lowest BCUT2D eigenvalue weighted by Gasteiger charge is -2.26. The van der Waals surface area contributed by atoms with Gasteiger partial charge in [-0.25, -0.2) is 0 Å². The number of para-hydroxylation sites is 1. The zero-order valence-corrected chi connectivity index (χ0v) is 8.71. The van der Waals surface area contributed by atoms with Gasteiger partial charge in [-0.3, -0.25) is 0 Å². The first-order chi connectivity index (χ1) is 7.27. The van der Waals surface area contributed by atoms with Gasteiger partial charge in [-0.05, 0) is 12.1 Å². The van der Waals surface area contributed by atoms with E-state index in [-0.39, 0.29) is 13.2 Å². The Hall–Kier alpha value is -1.10. The van der Waals surface area contributed by atoms with Gasteiger partial charge in [0.1, 0.15) is 0 Å². The number of anilines is 1. The average Bonchev–Trinajstić information content (AvgIpc) is 2.29. The molecular formula is C11H18N2O2. The standard InChI is InChI=1S/C11H18N2O2/c12-8-11(15)9-13(6-7-14)10-4-2-1-3-5-10/h1-5,11,14-15H,6-9,12H2. The van der Waals surface area contributed by atoms with Crippen LogP contribution in [0.25, 0.3) is 0 Å². The third-order valence-electron chi connectivity index (χ3n) is 2.19. The summed E-state index contributed by atoms with van der Waals surface area (Å²) in [6.07, 6.45) is -0.559. The van der Waals surface area contributed by atoms with Crippen LogP contribution < -0.4 is 10.6 Å². The van der Waals surface area contributed by atoms with Crippen LogP contribution in [0.15, 0.2) is 30.3 Å². The highest BCUT2D eigenvalue weighted by Crippen LogP contribution is 2.12. The highest BCUT2D eigenvalue weighted by molar-refractivity contribution is 5.46. The molecule has 0 aliphatic carbocycles. The number of hydrogen-bond acceptors (Lipinski definition) is 4. The second-order valence-electron chi connectivity index (χ2n) is 3.39. The minimum absolute atomic E-state index is 0.0617. The summed E-state index contributed by atoms with van der Waals surface area (Å²) in [4.78, 5) is 1.91. The van der Waals surface area contributed by atoms with E-state index in [2.05, 4.69) is 0 Å². The monoisotopic (exact) mass is 210 g/mol. The zero-order valence-electron chi connectivity index (χ0n) is 8.71. The number of nitrogens with zero attached hydrogens (tertiary/aromatic N) is 1. The highest BCUT2D eigenvalue weighted by atomic mass is 16.3. The zero-order chi connectivity index (χ0) is 11.1. The predicted molar refractivity (Wildman–Crippen MR) is 60.8 cm³/mol.